The minimum absolute atomic E-state index is 0.333. The first-order valence-electron chi connectivity index (χ1n) is 5.20. The number of hydrogen-bond acceptors (Lipinski definition) is 2. The van der Waals surface area contributed by atoms with E-state index >= 15 is 0 Å². The van der Waals surface area contributed by atoms with Crippen LogP contribution in [0.2, 0.25) is 0 Å². The van der Waals surface area contributed by atoms with E-state index in [0.29, 0.717) is 24.9 Å². The summed E-state index contributed by atoms with van der Waals surface area (Å²) in [6, 6.07) is 0. The number of rotatable bonds is 3. The molecule has 0 spiro atoms. The van der Waals surface area contributed by atoms with Gasteiger partial charge in [-0.25, -0.2) is 0 Å². The average Bonchev–Trinajstić information content (AvgIpc) is 2.58. The molecular weight excluding hydrogens is 164 g/mol. The third-order valence-electron chi connectivity index (χ3n) is 3.53. The minimum atomic E-state index is 0.333. The van der Waals surface area contributed by atoms with E-state index in [1.165, 1.54) is 19.3 Å². The predicted octanol–water partition coefficient (Wildman–Crippen LogP) is 0.450. The highest BCUT2D eigenvalue weighted by Crippen LogP contribution is 2.57. The van der Waals surface area contributed by atoms with Crippen LogP contribution in [0.3, 0.4) is 0 Å². The highest BCUT2D eigenvalue weighted by molar-refractivity contribution is 5.82. The Labute approximate surface area is 79.3 Å². The number of amides is 1. The number of nitrogens with zero attached hydrogens (tertiary/aromatic N) is 1. The third-order valence-corrected chi connectivity index (χ3v) is 3.53. The van der Waals surface area contributed by atoms with Crippen LogP contribution in [0, 0.1) is 17.8 Å². The van der Waals surface area contributed by atoms with Gasteiger partial charge in [0.15, 0.2) is 0 Å². The Hall–Kier alpha value is -0.570. The number of hydrogen-bond donors (Lipinski definition) is 1. The molecule has 74 valence electrons. The Morgan fingerprint density at radius 1 is 1.46 bits per heavy atom. The van der Waals surface area contributed by atoms with Crippen molar-refractivity contribution in [3.63, 3.8) is 0 Å². The molecule has 2 aliphatic rings. The molecule has 0 aromatic heterocycles. The second-order valence-corrected chi connectivity index (χ2v) is 4.33. The molecule has 13 heavy (non-hydrogen) atoms. The summed E-state index contributed by atoms with van der Waals surface area (Å²) in [5, 5.41) is 0. The van der Waals surface area contributed by atoms with Crippen molar-refractivity contribution in [3.05, 3.63) is 0 Å². The molecule has 3 nitrogen and oxygen atoms in total. The van der Waals surface area contributed by atoms with E-state index in [-0.39, 0.29) is 0 Å². The van der Waals surface area contributed by atoms with Crippen molar-refractivity contribution < 1.29 is 4.79 Å². The summed E-state index contributed by atoms with van der Waals surface area (Å²) in [7, 11) is 1.86. The van der Waals surface area contributed by atoms with E-state index in [0.717, 1.165) is 11.8 Å². The Balaban J connectivity index is 1.85. The van der Waals surface area contributed by atoms with Gasteiger partial charge >= 0.3 is 0 Å². The molecule has 0 saturated heterocycles. The zero-order valence-corrected chi connectivity index (χ0v) is 8.20. The largest absolute Gasteiger partial charge is 0.344 e. The molecule has 2 atom stereocenters. The quantitative estimate of drug-likeness (QED) is 0.689. The maximum atomic E-state index is 11.8. The molecule has 0 aromatic carbocycles. The maximum absolute atomic E-state index is 11.8. The number of nitrogens with two attached hydrogens (primary N) is 1. The number of carbonyl (C=O) groups is 1. The third kappa shape index (κ3) is 1.46. The predicted molar refractivity (Wildman–Crippen MR) is 51.0 cm³/mol. The molecule has 0 aromatic rings. The van der Waals surface area contributed by atoms with Crippen molar-refractivity contribution in [2.75, 3.05) is 20.1 Å². The molecule has 1 amide bonds. The van der Waals surface area contributed by atoms with Crippen LogP contribution in [0.5, 0.6) is 0 Å². The van der Waals surface area contributed by atoms with Crippen molar-refractivity contribution >= 4 is 5.91 Å². The lowest BCUT2D eigenvalue weighted by Crippen LogP contribution is -2.33. The van der Waals surface area contributed by atoms with Gasteiger partial charge in [-0.05, 0) is 24.7 Å². The number of carbonyl (C=O) groups excluding carboxylic acids is 1. The smallest absolute Gasteiger partial charge is 0.226 e. The lowest BCUT2D eigenvalue weighted by Gasteiger charge is -2.16. The number of likely N-dealkylation sites (N-methyl/N-ethyl adjacent to an activating group) is 1. The first kappa shape index (κ1) is 9.00. The van der Waals surface area contributed by atoms with Gasteiger partial charge in [0.05, 0.1) is 0 Å². The number of fused-ring (bicyclic) bond motifs is 1. The van der Waals surface area contributed by atoms with Gasteiger partial charge in [-0.3, -0.25) is 4.79 Å². The van der Waals surface area contributed by atoms with E-state index in [1.807, 2.05) is 7.05 Å². The molecule has 0 heterocycles. The molecule has 2 unspecified atom stereocenters. The summed E-state index contributed by atoms with van der Waals surface area (Å²) >= 11 is 0. The van der Waals surface area contributed by atoms with E-state index < -0.39 is 0 Å². The highest BCUT2D eigenvalue weighted by atomic mass is 16.2. The zero-order chi connectivity index (χ0) is 9.42. The van der Waals surface area contributed by atoms with Crippen LogP contribution in [-0.2, 0) is 4.79 Å². The molecule has 2 saturated carbocycles. The summed E-state index contributed by atoms with van der Waals surface area (Å²) in [5.74, 6) is 2.16. The molecule has 0 aliphatic heterocycles. The van der Waals surface area contributed by atoms with Gasteiger partial charge in [0.25, 0.3) is 0 Å². The lowest BCUT2D eigenvalue weighted by molar-refractivity contribution is -0.131. The van der Waals surface area contributed by atoms with Crippen LogP contribution in [0.25, 0.3) is 0 Å². The van der Waals surface area contributed by atoms with Crippen LogP contribution >= 0.6 is 0 Å². The van der Waals surface area contributed by atoms with Gasteiger partial charge < -0.3 is 10.6 Å². The molecule has 0 radical (unpaired) electrons. The van der Waals surface area contributed by atoms with Crippen molar-refractivity contribution in [2.45, 2.75) is 19.3 Å². The maximum Gasteiger partial charge on any atom is 0.226 e. The van der Waals surface area contributed by atoms with Gasteiger partial charge in [0, 0.05) is 26.1 Å². The van der Waals surface area contributed by atoms with Gasteiger partial charge in [0.1, 0.15) is 0 Å². The monoisotopic (exact) mass is 182 g/mol. The fraction of sp³-hybridized carbons (Fsp3) is 0.900. The summed E-state index contributed by atoms with van der Waals surface area (Å²) in [6.07, 6.45) is 3.88. The highest BCUT2D eigenvalue weighted by Gasteiger charge is 2.56. The molecule has 2 rings (SSSR count). The standard InChI is InChI=1S/C10H18N2O/c1-12(6-5-11)10(13)9-7-3-2-4-8(7)9/h7-9H,2-6,11H2,1H3. The second kappa shape index (κ2) is 3.29. The molecule has 0 bridgehead atoms. The van der Waals surface area contributed by atoms with Gasteiger partial charge in [-0.2, -0.15) is 0 Å². The molecule has 2 aliphatic carbocycles. The van der Waals surface area contributed by atoms with E-state index in [2.05, 4.69) is 0 Å². The molecule has 2 N–H and O–H groups in total. The summed E-state index contributed by atoms with van der Waals surface area (Å²) in [5.41, 5.74) is 5.41. The first-order valence-corrected chi connectivity index (χ1v) is 5.20. The van der Waals surface area contributed by atoms with Crippen LogP contribution in [-0.4, -0.2) is 30.9 Å². The average molecular weight is 182 g/mol. The van der Waals surface area contributed by atoms with Crippen molar-refractivity contribution in [2.24, 2.45) is 23.5 Å². The Morgan fingerprint density at radius 2 is 2.08 bits per heavy atom. The minimum Gasteiger partial charge on any atom is -0.344 e. The van der Waals surface area contributed by atoms with E-state index in [4.69, 9.17) is 5.73 Å². The van der Waals surface area contributed by atoms with Crippen molar-refractivity contribution in [1.82, 2.24) is 4.90 Å². The Morgan fingerprint density at radius 3 is 2.62 bits per heavy atom. The second-order valence-electron chi connectivity index (χ2n) is 4.33. The summed E-state index contributed by atoms with van der Waals surface area (Å²) < 4.78 is 0. The van der Waals surface area contributed by atoms with E-state index in [1.54, 1.807) is 4.90 Å². The Kier molecular flexibility index (Phi) is 2.28. The van der Waals surface area contributed by atoms with Crippen LogP contribution in [0.15, 0.2) is 0 Å². The van der Waals surface area contributed by atoms with Crippen LogP contribution in [0.4, 0.5) is 0 Å². The zero-order valence-electron chi connectivity index (χ0n) is 8.20. The molecule has 2 fully saturated rings. The Bertz CT molecular complexity index is 207. The molecular formula is C10H18N2O. The first-order chi connectivity index (χ1) is 6.25. The fourth-order valence-corrected chi connectivity index (χ4v) is 2.75. The topological polar surface area (TPSA) is 46.3 Å². The normalized spacial score (nSPS) is 35.7. The van der Waals surface area contributed by atoms with Gasteiger partial charge in [-0.1, -0.05) is 6.42 Å². The van der Waals surface area contributed by atoms with Crippen molar-refractivity contribution in [3.8, 4) is 0 Å². The lowest BCUT2D eigenvalue weighted by atomic mass is 10.1. The molecule has 3 heteroatoms. The van der Waals surface area contributed by atoms with Gasteiger partial charge in [0.2, 0.25) is 5.91 Å². The van der Waals surface area contributed by atoms with E-state index in [9.17, 15) is 4.79 Å². The summed E-state index contributed by atoms with van der Waals surface area (Å²) in [6.45, 7) is 1.28. The fourth-order valence-electron chi connectivity index (χ4n) is 2.75. The SMILES string of the molecule is CN(CCN)C(=O)C1C2CCCC21. The van der Waals surface area contributed by atoms with Crippen molar-refractivity contribution in [1.29, 1.82) is 0 Å². The summed E-state index contributed by atoms with van der Waals surface area (Å²) in [4.78, 5) is 13.6. The van der Waals surface area contributed by atoms with Crippen LogP contribution in [0.1, 0.15) is 19.3 Å². The van der Waals surface area contributed by atoms with Gasteiger partial charge in [-0.15, -0.1) is 0 Å². The van der Waals surface area contributed by atoms with Crippen LogP contribution < -0.4 is 5.73 Å².